The third kappa shape index (κ3) is 3.79. The number of imidazole rings is 1. The van der Waals surface area contributed by atoms with Gasteiger partial charge in [-0.2, -0.15) is 0 Å². The highest BCUT2D eigenvalue weighted by Gasteiger charge is 2.16. The fourth-order valence-corrected chi connectivity index (χ4v) is 3.23. The monoisotopic (exact) mass is 382 g/mol. The Morgan fingerprint density at radius 3 is 2.52 bits per heavy atom. The van der Waals surface area contributed by atoms with Gasteiger partial charge in [0.05, 0.1) is 17.9 Å². The molecule has 0 unspecified atom stereocenters. The van der Waals surface area contributed by atoms with E-state index in [0.717, 1.165) is 17.1 Å². The largest absolute Gasteiger partial charge is 0.478 e. The zero-order valence-corrected chi connectivity index (χ0v) is 15.5. The van der Waals surface area contributed by atoms with Crippen molar-refractivity contribution in [2.24, 2.45) is 0 Å². The van der Waals surface area contributed by atoms with E-state index < -0.39 is 5.97 Å². The van der Waals surface area contributed by atoms with Crippen LogP contribution in [0.2, 0.25) is 5.15 Å². The number of aliphatic hydroxyl groups is 1. The van der Waals surface area contributed by atoms with E-state index in [1.165, 1.54) is 0 Å². The molecule has 0 aliphatic heterocycles. The Labute approximate surface area is 162 Å². The number of carboxylic acids is 1. The maximum absolute atomic E-state index is 11.5. The van der Waals surface area contributed by atoms with Gasteiger partial charge in [0.15, 0.2) is 5.15 Å². The summed E-state index contributed by atoms with van der Waals surface area (Å²) in [6.45, 7) is 1.70. The van der Waals surface area contributed by atoms with Crippen molar-refractivity contribution in [3.63, 3.8) is 0 Å². The van der Waals surface area contributed by atoms with E-state index in [0.29, 0.717) is 17.7 Å². The van der Waals surface area contributed by atoms with Crippen LogP contribution in [0.4, 0.5) is 0 Å². The highest BCUT2D eigenvalue weighted by Crippen LogP contribution is 2.27. The van der Waals surface area contributed by atoms with E-state index in [9.17, 15) is 15.0 Å². The number of benzene rings is 2. The van der Waals surface area contributed by atoms with Gasteiger partial charge in [0.2, 0.25) is 0 Å². The van der Waals surface area contributed by atoms with Gasteiger partial charge < -0.3 is 10.2 Å². The third-order valence-electron chi connectivity index (χ3n) is 4.27. The SMILES string of the molecule is CC=CCc1nc(Cl)c(CO)n1-c1ccc(-c2ccccc2C(=O)O)cc1. The topological polar surface area (TPSA) is 75.4 Å². The molecule has 2 aromatic carbocycles. The average Bonchev–Trinajstić information content (AvgIpc) is 3.01. The first-order chi connectivity index (χ1) is 13.1. The number of allylic oxidation sites excluding steroid dienone is 2. The minimum absolute atomic E-state index is 0.231. The molecule has 0 bridgehead atoms. The van der Waals surface area contributed by atoms with Crippen LogP contribution in [0, 0.1) is 0 Å². The summed E-state index contributed by atoms with van der Waals surface area (Å²) in [5.74, 6) is -0.242. The number of carbonyl (C=O) groups is 1. The van der Waals surface area contributed by atoms with Crippen molar-refractivity contribution in [3.05, 3.63) is 82.9 Å². The summed E-state index contributed by atoms with van der Waals surface area (Å²) < 4.78 is 1.83. The molecule has 0 amide bonds. The lowest BCUT2D eigenvalue weighted by Gasteiger charge is -2.12. The van der Waals surface area contributed by atoms with Crippen molar-refractivity contribution in [3.8, 4) is 16.8 Å². The lowest BCUT2D eigenvalue weighted by Crippen LogP contribution is -2.05. The second kappa shape index (κ2) is 8.20. The zero-order valence-electron chi connectivity index (χ0n) is 14.8. The summed E-state index contributed by atoms with van der Waals surface area (Å²) >= 11 is 6.18. The molecule has 0 aliphatic carbocycles. The number of halogens is 1. The molecule has 1 aromatic heterocycles. The lowest BCUT2D eigenvalue weighted by molar-refractivity contribution is 0.0697. The molecule has 0 fully saturated rings. The van der Waals surface area contributed by atoms with Gasteiger partial charge in [-0.25, -0.2) is 9.78 Å². The summed E-state index contributed by atoms with van der Waals surface area (Å²) in [4.78, 5) is 15.8. The normalized spacial score (nSPS) is 11.2. The number of aliphatic hydroxyl groups excluding tert-OH is 1. The van der Waals surface area contributed by atoms with Gasteiger partial charge in [-0.1, -0.05) is 54.1 Å². The van der Waals surface area contributed by atoms with Crippen LogP contribution in [0.3, 0.4) is 0 Å². The highest BCUT2D eigenvalue weighted by molar-refractivity contribution is 6.30. The van der Waals surface area contributed by atoms with Crippen LogP contribution in [-0.4, -0.2) is 25.7 Å². The van der Waals surface area contributed by atoms with Gasteiger partial charge in [-0.3, -0.25) is 4.57 Å². The summed E-state index contributed by atoms with van der Waals surface area (Å²) in [7, 11) is 0. The van der Waals surface area contributed by atoms with Crippen molar-refractivity contribution >= 4 is 17.6 Å². The third-order valence-corrected chi connectivity index (χ3v) is 4.58. The number of aromatic carboxylic acids is 1. The molecule has 1 heterocycles. The van der Waals surface area contributed by atoms with E-state index in [1.54, 1.807) is 18.2 Å². The molecule has 5 nitrogen and oxygen atoms in total. The Hall–Kier alpha value is -2.89. The number of rotatable bonds is 6. The van der Waals surface area contributed by atoms with E-state index in [4.69, 9.17) is 11.6 Å². The molecule has 2 N–H and O–H groups in total. The maximum atomic E-state index is 11.5. The van der Waals surface area contributed by atoms with Crippen LogP contribution >= 0.6 is 11.6 Å². The molecule has 138 valence electrons. The number of hydrogen-bond acceptors (Lipinski definition) is 3. The second-order valence-corrected chi connectivity index (χ2v) is 6.29. The molecule has 0 radical (unpaired) electrons. The first-order valence-electron chi connectivity index (χ1n) is 8.48. The summed E-state index contributed by atoms with van der Waals surface area (Å²) in [6, 6.07) is 14.3. The van der Waals surface area contributed by atoms with Gasteiger partial charge in [0.25, 0.3) is 0 Å². The Kier molecular flexibility index (Phi) is 5.74. The lowest BCUT2D eigenvalue weighted by atomic mass is 9.99. The molecule has 0 aliphatic rings. The molecule has 27 heavy (non-hydrogen) atoms. The smallest absolute Gasteiger partial charge is 0.336 e. The first kappa shape index (κ1) is 18.9. The molecule has 0 saturated carbocycles. The van der Waals surface area contributed by atoms with Gasteiger partial charge >= 0.3 is 5.97 Å². The molecule has 3 aromatic rings. The Bertz CT molecular complexity index is 991. The maximum Gasteiger partial charge on any atom is 0.336 e. The zero-order chi connectivity index (χ0) is 19.4. The summed E-state index contributed by atoms with van der Waals surface area (Å²) in [5, 5.41) is 19.4. The van der Waals surface area contributed by atoms with Crippen LogP contribution in [0.15, 0.2) is 60.7 Å². The van der Waals surface area contributed by atoms with Crippen molar-refractivity contribution in [2.45, 2.75) is 20.0 Å². The Morgan fingerprint density at radius 1 is 1.19 bits per heavy atom. The minimum atomic E-state index is -0.965. The minimum Gasteiger partial charge on any atom is -0.478 e. The molecule has 0 spiro atoms. The Balaban J connectivity index is 2.06. The standard InChI is InChI=1S/C21H19ClN2O3/c1-2-3-8-19-23-20(22)18(13-25)24(19)15-11-9-14(10-12-15)16-6-4-5-7-17(16)21(26)27/h2-7,9-12,25H,8,13H2,1H3,(H,26,27). The Morgan fingerprint density at radius 2 is 1.89 bits per heavy atom. The van der Waals surface area contributed by atoms with Crippen LogP contribution < -0.4 is 0 Å². The fourth-order valence-electron chi connectivity index (χ4n) is 2.99. The predicted molar refractivity (Wildman–Crippen MR) is 105 cm³/mol. The predicted octanol–water partition coefficient (Wildman–Crippen LogP) is 4.50. The van der Waals surface area contributed by atoms with Crippen molar-refractivity contribution in [2.75, 3.05) is 0 Å². The van der Waals surface area contributed by atoms with E-state index >= 15 is 0 Å². The molecular formula is C21H19ClN2O3. The average molecular weight is 383 g/mol. The van der Waals surface area contributed by atoms with Crippen molar-refractivity contribution < 1.29 is 15.0 Å². The van der Waals surface area contributed by atoms with Gasteiger partial charge in [-0.15, -0.1) is 0 Å². The van der Waals surface area contributed by atoms with E-state index in [-0.39, 0.29) is 17.3 Å². The van der Waals surface area contributed by atoms with Crippen LogP contribution in [0.5, 0.6) is 0 Å². The van der Waals surface area contributed by atoms with Gasteiger partial charge in [-0.05, 0) is 36.2 Å². The number of hydrogen-bond donors (Lipinski definition) is 2. The van der Waals surface area contributed by atoms with Crippen LogP contribution in [0.25, 0.3) is 16.8 Å². The molecular weight excluding hydrogens is 364 g/mol. The second-order valence-electron chi connectivity index (χ2n) is 5.93. The van der Waals surface area contributed by atoms with Crippen molar-refractivity contribution in [1.82, 2.24) is 9.55 Å². The van der Waals surface area contributed by atoms with Gasteiger partial charge in [0, 0.05) is 12.1 Å². The highest BCUT2D eigenvalue weighted by atomic mass is 35.5. The van der Waals surface area contributed by atoms with Crippen molar-refractivity contribution in [1.29, 1.82) is 0 Å². The summed E-state index contributed by atoms with van der Waals surface area (Å²) in [6.07, 6.45) is 4.48. The fraction of sp³-hybridized carbons (Fsp3) is 0.143. The molecule has 3 rings (SSSR count). The van der Waals surface area contributed by atoms with Crippen LogP contribution in [-0.2, 0) is 13.0 Å². The molecule has 6 heteroatoms. The van der Waals surface area contributed by atoms with E-state index in [1.807, 2.05) is 54.0 Å². The first-order valence-corrected chi connectivity index (χ1v) is 8.85. The van der Waals surface area contributed by atoms with E-state index in [2.05, 4.69) is 4.98 Å². The number of aromatic nitrogens is 2. The molecule has 0 atom stereocenters. The summed E-state index contributed by atoms with van der Waals surface area (Å²) in [5.41, 5.74) is 3.02. The quantitative estimate of drug-likeness (QED) is 0.615. The molecule has 0 saturated heterocycles. The number of nitrogens with zero attached hydrogens (tertiary/aromatic N) is 2. The van der Waals surface area contributed by atoms with Crippen LogP contribution in [0.1, 0.15) is 28.8 Å². The van der Waals surface area contributed by atoms with Gasteiger partial charge in [0.1, 0.15) is 5.82 Å². The number of carboxylic acid groups (broad SMARTS) is 1.